The summed E-state index contributed by atoms with van der Waals surface area (Å²) in [5.41, 5.74) is 11.6. The second-order valence-corrected chi connectivity index (χ2v) is 12.9. The Labute approximate surface area is 254 Å². The van der Waals surface area contributed by atoms with Gasteiger partial charge in [0.15, 0.2) is 0 Å². The third kappa shape index (κ3) is 13.6. The van der Waals surface area contributed by atoms with Crippen molar-refractivity contribution in [1.82, 2.24) is 5.32 Å². The first-order valence-electron chi connectivity index (χ1n) is 13.5. The highest BCUT2D eigenvalue weighted by molar-refractivity contribution is 7.86. The number of aryl methyl sites for hydroxylation is 3. The van der Waals surface area contributed by atoms with Gasteiger partial charge in [-0.15, -0.1) is 0 Å². The summed E-state index contributed by atoms with van der Waals surface area (Å²) >= 11 is 0. The van der Waals surface area contributed by atoms with Crippen LogP contribution in [0.1, 0.15) is 27.8 Å². The Bertz CT molecular complexity index is 1540. The second-order valence-electron chi connectivity index (χ2n) is 10.1. The van der Waals surface area contributed by atoms with Crippen LogP contribution in [0, 0.1) is 20.8 Å². The lowest BCUT2D eigenvalue weighted by atomic mass is 10.0. The standard InChI is InChI=1S/C18H24N2O.2C7H8O3S/c1-14-7-5-6-10-16(14)12-20-13-18(21)17(19)11-15-8-3-2-4-9-15;2*1-6-2-4-7(5-3-6)11(8,9)10/h2-10,17-18,20-21H,11-13,19H2,1H3;2*2-5H,1H3,(H,8,9,10)/t17-,18+;;/m0../s1. The van der Waals surface area contributed by atoms with Gasteiger partial charge in [-0.25, -0.2) is 0 Å². The van der Waals surface area contributed by atoms with Crippen molar-refractivity contribution in [3.05, 3.63) is 131 Å². The van der Waals surface area contributed by atoms with Crippen LogP contribution in [-0.2, 0) is 33.2 Å². The van der Waals surface area contributed by atoms with Crippen molar-refractivity contribution in [3.63, 3.8) is 0 Å². The van der Waals surface area contributed by atoms with Crippen molar-refractivity contribution < 1.29 is 31.0 Å². The van der Waals surface area contributed by atoms with Crippen LogP contribution in [0.4, 0.5) is 0 Å². The molecule has 232 valence electrons. The van der Waals surface area contributed by atoms with Crippen LogP contribution in [0.25, 0.3) is 0 Å². The Morgan fingerprint density at radius 1 is 0.674 bits per heavy atom. The number of nitrogens with one attached hydrogen (secondary N) is 1. The molecule has 0 fully saturated rings. The lowest BCUT2D eigenvalue weighted by molar-refractivity contribution is 0.141. The fourth-order valence-electron chi connectivity index (χ4n) is 3.76. The van der Waals surface area contributed by atoms with Crippen molar-refractivity contribution >= 4 is 20.2 Å². The molecular weight excluding hydrogens is 588 g/mol. The lowest BCUT2D eigenvalue weighted by Gasteiger charge is -2.19. The van der Waals surface area contributed by atoms with Gasteiger partial charge in [-0.05, 0) is 68.1 Å². The summed E-state index contributed by atoms with van der Waals surface area (Å²) in [7, 11) is -8.04. The molecule has 9 nitrogen and oxygen atoms in total. The van der Waals surface area contributed by atoms with Crippen LogP contribution in [0.3, 0.4) is 0 Å². The van der Waals surface area contributed by atoms with Gasteiger partial charge in [0, 0.05) is 19.1 Å². The Hall–Kier alpha value is -3.42. The molecule has 2 atom stereocenters. The molecule has 0 spiro atoms. The molecule has 0 saturated heterocycles. The molecular formula is C32H40N2O7S2. The molecule has 6 N–H and O–H groups in total. The summed E-state index contributed by atoms with van der Waals surface area (Å²) in [4.78, 5) is -0.133. The Morgan fingerprint density at radius 3 is 1.56 bits per heavy atom. The van der Waals surface area contributed by atoms with Crippen molar-refractivity contribution in [3.8, 4) is 0 Å². The van der Waals surface area contributed by atoms with Gasteiger partial charge in [0.1, 0.15) is 0 Å². The van der Waals surface area contributed by atoms with Gasteiger partial charge in [0.25, 0.3) is 20.2 Å². The second kappa shape index (κ2) is 17.0. The molecule has 0 radical (unpaired) electrons. The smallest absolute Gasteiger partial charge is 0.294 e. The summed E-state index contributed by atoms with van der Waals surface area (Å²) in [6.45, 7) is 7.03. The van der Waals surface area contributed by atoms with Gasteiger partial charge >= 0.3 is 0 Å². The first kappa shape index (κ1) is 35.8. The first-order chi connectivity index (χ1) is 20.2. The first-order valence-corrected chi connectivity index (χ1v) is 16.4. The quantitative estimate of drug-likeness (QED) is 0.168. The lowest BCUT2D eigenvalue weighted by Crippen LogP contribution is -2.43. The van der Waals surface area contributed by atoms with E-state index in [9.17, 15) is 21.9 Å². The van der Waals surface area contributed by atoms with Crippen LogP contribution in [-0.4, -0.2) is 49.7 Å². The van der Waals surface area contributed by atoms with Crippen LogP contribution in [0.5, 0.6) is 0 Å². The van der Waals surface area contributed by atoms with Gasteiger partial charge < -0.3 is 16.2 Å². The fraction of sp³-hybridized carbons (Fsp3) is 0.250. The van der Waals surface area contributed by atoms with E-state index in [1.54, 1.807) is 24.3 Å². The van der Waals surface area contributed by atoms with E-state index in [2.05, 4.69) is 24.4 Å². The summed E-state index contributed by atoms with van der Waals surface area (Å²) < 4.78 is 59.1. The minimum Gasteiger partial charge on any atom is -0.390 e. The highest BCUT2D eigenvalue weighted by Gasteiger charge is 2.15. The van der Waals surface area contributed by atoms with Crippen LogP contribution in [0.2, 0.25) is 0 Å². The predicted octanol–water partition coefficient (Wildman–Crippen LogP) is 4.50. The maximum atomic E-state index is 10.5. The Balaban J connectivity index is 0.000000247. The number of nitrogens with two attached hydrogens (primary N) is 1. The number of benzene rings is 4. The molecule has 0 aliphatic rings. The molecule has 0 bridgehead atoms. The third-order valence-electron chi connectivity index (χ3n) is 6.38. The van der Waals surface area contributed by atoms with Crippen LogP contribution >= 0.6 is 0 Å². The van der Waals surface area contributed by atoms with Gasteiger partial charge in [0.2, 0.25) is 0 Å². The number of hydrogen-bond donors (Lipinski definition) is 5. The molecule has 0 aromatic heterocycles. The van der Waals surface area contributed by atoms with E-state index in [1.165, 1.54) is 35.4 Å². The zero-order valence-corrected chi connectivity index (χ0v) is 26.1. The minimum absolute atomic E-state index is 0.0666. The number of hydrogen-bond acceptors (Lipinski definition) is 7. The number of aliphatic hydroxyl groups is 1. The highest BCUT2D eigenvalue weighted by atomic mass is 32.2. The van der Waals surface area contributed by atoms with E-state index < -0.39 is 26.3 Å². The summed E-state index contributed by atoms with van der Waals surface area (Å²) in [6.07, 6.45) is 0.142. The average Bonchev–Trinajstić information content (AvgIpc) is 2.95. The van der Waals surface area contributed by atoms with Crippen LogP contribution in [0.15, 0.2) is 113 Å². The third-order valence-corrected chi connectivity index (χ3v) is 8.11. The summed E-state index contributed by atoms with van der Waals surface area (Å²) in [6, 6.07) is 30.0. The summed E-state index contributed by atoms with van der Waals surface area (Å²) in [5, 5.41) is 13.4. The van der Waals surface area contributed by atoms with Gasteiger partial charge in [-0.2, -0.15) is 16.8 Å². The summed E-state index contributed by atoms with van der Waals surface area (Å²) in [5.74, 6) is 0. The van der Waals surface area contributed by atoms with Crippen LogP contribution < -0.4 is 11.1 Å². The van der Waals surface area contributed by atoms with Crippen molar-refractivity contribution in [2.24, 2.45) is 5.73 Å². The molecule has 0 aliphatic carbocycles. The van der Waals surface area contributed by atoms with Gasteiger partial charge in [0.05, 0.1) is 15.9 Å². The van der Waals surface area contributed by atoms with Crippen molar-refractivity contribution in [1.29, 1.82) is 0 Å². The zero-order chi connectivity index (χ0) is 32.0. The van der Waals surface area contributed by atoms with E-state index >= 15 is 0 Å². The molecule has 0 aliphatic heterocycles. The average molecular weight is 629 g/mol. The van der Waals surface area contributed by atoms with E-state index in [0.717, 1.165) is 23.2 Å². The Morgan fingerprint density at radius 2 is 1.12 bits per heavy atom. The maximum Gasteiger partial charge on any atom is 0.294 e. The fourth-order valence-corrected chi connectivity index (χ4v) is 4.72. The van der Waals surface area contributed by atoms with E-state index in [0.29, 0.717) is 13.0 Å². The molecule has 0 amide bonds. The highest BCUT2D eigenvalue weighted by Crippen LogP contribution is 2.10. The largest absolute Gasteiger partial charge is 0.390 e. The zero-order valence-electron chi connectivity index (χ0n) is 24.5. The number of aliphatic hydroxyl groups excluding tert-OH is 1. The molecule has 43 heavy (non-hydrogen) atoms. The van der Waals surface area contributed by atoms with Crippen molar-refractivity contribution in [2.45, 2.75) is 55.7 Å². The van der Waals surface area contributed by atoms with Gasteiger partial charge in [-0.1, -0.05) is 90.0 Å². The van der Waals surface area contributed by atoms with E-state index in [1.807, 2.05) is 56.3 Å². The predicted molar refractivity (Wildman–Crippen MR) is 169 cm³/mol. The molecule has 0 saturated carbocycles. The molecule has 0 heterocycles. The van der Waals surface area contributed by atoms with E-state index in [-0.39, 0.29) is 15.8 Å². The molecule has 11 heteroatoms. The normalized spacial score (nSPS) is 12.6. The molecule has 4 rings (SSSR count). The molecule has 4 aromatic rings. The Kier molecular flexibility index (Phi) is 14.2. The molecule has 0 unspecified atom stereocenters. The topological polar surface area (TPSA) is 167 Å². The SMILES string of the molecule is Cc1ccc(S(=O)(=O)O)cc1.Cc1ccc(S(=O)(=O)O)cc1.Cc1ccccc1CNC[C@@H](O)[C@@H](N)Cc1ccccc1. The van der Waals surface area contributed by atoms with E-state index in [4.69, 9.17) is 14.8 Å². The number of rotatable bonds is 9. The monoisotopic (exact) mass is 628 g/mol. The minimum atomic E-state index is -4.02. The van der Waals surface area contributed by atoms with Crippen molar-refractivity contribution in [2.75, 3.05) is 6.54 Å². The maximum absolute atomic E-state index is 10.5. The molecule has 4 aromatic carbocycles. The van der Waals surface area contributed by atoms with Gasteiger partial charge in [-0.3, -0.25) is 9.11 Å².